The van der Waals surface area contributed by atoms with E-state index in [1.54, 1.807) is 19.2 Å². The minimum Gasteiger partial charge on any atom is -0.381 e. The fraction of sp³-hybridized carbons (Fsp3) is 0.500. The first-order valence-electron chi connectivity index (χ1n) is 6.81. The molecule has 0 heterocycles. The summed E-state index contributed by atoms with van der Waals surface area (Å²) in [5.41, 5.74) is 1.08. The summed E-state index contributed by atoms with van der Waals surface area (Å²) < 4.78 is 18.5. The van der Waals surface area contributed by atoms with Gasteiger partial charge in [0, 0.05) is 7.11 Å². The van der Waals surface area contributed by atoms with Gasteiger partial charge in [-0.3, -0.25) is 0 Å². The molecular formula is C16H20ClFO. The third kappa shape index (κ3) is 4.05. The topological polar surface area (TPSA) is 9.23 Å². The molecular weight excluding hydrogens is 263 g/mol. The largest absolute Gasteiger partial charge is 0.381 e. The van der Waals surface area contributed by atoms with Crippen LogP contribution in [0.5, 0.6) is 0 Å². The van der Waals surface area contributed by atoms with Crippen LogP contribution in [0.4, 0.5) is 4.39 Å². The van der Waals surface area contributed by atoms with Crippen LogP contribution < -0.4 is 0 Å². The van der Waals surface area contributed by atoms with Gasteiger partial charge in [-0.15, -0.1) is 0 Å². The smallest absolute Gasteiger partial charge is 0.142 e. The lowest BCUT2D eigenvalue weighted by molar-refractivity contribution is 0.233. The molecule has 0 N–H and O–H groups in total. The SMILES string of the molecule is COC/C=C/[C@H]1CC[C@H](c2ccc(Cl)c(F)c2)CC1. The average molecular weight is 283 g/mol. The molecule has 0 radical (unpaired) electrons. The quantitative estimate of drug-likeness (QED) is 0.710. The van der Waals surface area contributed by atoms with E-state index < -0.39 is 0 Å². The van der Waals surface area contributed by atoms with Crippen LogP contribution in [-0.2, 0) is 4.74 Å². The van der Waals surface area contributed by atoms with Crippen LogP contribution in [0, 0.1) is 11.7 Å². The van der Waals surface area contributed by atoms with Crippen molar-refractivity contribution >= 4 is 11.6 Å². The van der Waals surface area contributed by atoms with Crippen molar-refractivity contribution in [3.05, 3.63) is 46.8 Å². The number of ether oxygens (including phenoxy) is 1. The number of benzene rings is 1. The number of allylic oxidation sites excluding steroid dienone is 1. The maximum Gasteiger partial charge on any atom is 0.142 e. The van der Waals surface area contributed by atoms with E-state index in [0.29, 0.717) is 18.4 Å². The van der Waals surface area contributed by atoms with Crippen molar-refractivity contribution in [2.45, 2.75) is 31.6 Å². The van der Waals surface area contributed by atoms with Gasteiger partial charge >= 0.3 is 0 Å². The summed E-state index contributed by atoms with van der Waals surface area (Å²) in [7, 11) is 1.70. The summed E-state index contributed by atoms with van der Waals surface area (Å²) in [6.07, 6.45) is 8.89. The van der Waals surface area contributed by atoms with Gasteiger partial charge in [0.25, 0.3) is 0 Å². The van der Waals surface area contributed by atoms with Crippen LogP contribution >= 0.6 is 11.6 Å². The van der Waals surface area contributed by atoms with Gasteiger partial charge in [0.2, 0.25) is 0 Å². The minimum atomic E-state index is -0.304. The molecule has 0 amide bonds. The van der Waals surface area contributed by atoms with Crippen LogP contribution in [0.3, 0.4) is 0 Å². The Hall–Kier alpha value is -0.860. The van der Waals surface area contributed by atoms with Crippen molar-refractivity contribution in [2.75, 3.05) is 13.7 Å². The lowest BCUT2D eigenvalue weighted by Crippen LogP contribution is -2.12. The predicted octanol–water partition coefficient (Wildman–Crippen LogP) is 4.96. The van der Waals surface area contributed by atoms with Gasteiger partial charge in [0.1, 0.15) is 5.82 Å². The standard InChI is InChI=1S/C16H20ClFO/c1-19-10-2-3-12-4-6-13(7-5-12)14-8-9-15(17)16(18)11-14/h2-3,8-9,11-13H,4-7,10H2,1H3/b3-2+/t12-,13-. The lowest BCUT2D eigenvalue weighted by atomic mass is 9.78. The molecule has 104 valence electrons. The van der Waals surface area contributed by atoms with E-state index in [0.717, 1.165) is 31.2 Å². The van der Waals surface area contributed by atoms with Gasteiger partial charge in [-0.05, 0) is 55.2 Å². The minimum absolute atomic E-state index is 0.208. The molecule has 1 nitrogen and oxygen atoms in total. The fourth-order valence-electron chi connectivity index (χ4n) is 2.76. The Kier molecular flexibility index (Phi) is 5.41. The molecule has 0 bridgehead atoms. The molecule has 0 spiro atoms. The molecule has 19 heavy (non-hydrogen) atoms. The molecule has 1 fully saturated rings. The summed E-state index contributed by atoms with van der Waals surface area (Å²) in [5.74, 6) is 0.809. The zero-order valence-electron chi connectivity index (χ0n) is 11.2. The van der Waals surface area contributed by atoms with Crippen molar-refractivity contribution < 1.29 is 9.13 Å². The third-order valence-electron chi connectivity index (χ3n) is 3.86. The number of methoxy groups -OCH3 is 1. The molecule has 1 aliphatic carbocycles. The molecule has 1 aromatic rings. The Bertz CT molecular complexity index is 436. The second kappa shape index (κ2) is 7.06. The second-order valence-corrected chi connectivity index (χ2v) is 5.58. The second-order valence-electron chi connectivity index (χ2n) is 5.17. The van der Waals surface area contributed by atoms with E-state index >= 15 is 0 Å². The van der Waals surface area contributed by atoms with Crippen molar-refractivity contribution in [2.24, 2.45) is 5.92 Å². The van der Waals surface area contributed by atoms with Crippen LogP contribution in [0.1, 0.15) is 37.2 Å². The maximum atomic E-state index is 13.5. The van der Waals surface area contributed by atoms with Crippen molar-refractivity contribution in [1.29, 1.82) is 0 Å². The van der Waals surface area contributed by atoms with Crippen LogP contribution in [0.2, 0.25) is 5.02 Å². The zero-order chi connectivity index (χ0) is 13.7. The molecule has 0 aromatic heterocycles. The lowest BCUT2D eigenvalue weighted by Gasteiger charge is -2.27. The predicted molar refractivity (Wildman–Crippen MR) is 77.1 cm³/mol. The number of hydrogen-bond acceptors (Lipinski definition) is 1. The fourth-order valence-corrected chi connectivity index (χ4v) is 2.87. The van der Waals surface area contributed by atoms with Gasteiger partial charge in [-0.1, -0.05) is 29.8 Å². The van der Waals surface area contributed by atoms with Gasteiger partial charge in [0.15, 0.2) is 0 Å². The van der Waals surface area contributed by atoms with Crippen molar-refractivity contribution in [3.8, 4) is 0 Å². The van der Waals surface area contributed by atoms with E-state index in [1.165, 1.54) is 0 Å². The highest BCUT2D eigenvalue weighted by molar-refractivity contribution is 6.30. The first-order valence-corrected chi connectivity index (χ1v) is 7.19. The van der Waals surface area contributed by atoms with Crippen molar-refractivity contribution in [3.63, 3.8) is 0 Å². The summed E-state index contributed by atoms with van der Waals surface area (Å²) in [4.78, 5) is 0. The summed E-state index contributed by atoms with van der Waals surface area (Å²) in [6.45, 7) is 0.683. The Morgan fingerprint density at radius 3 is 2.68 bits per heavy atom. The molecule has 1 saturated carbocycles. The molecule has 0 atom stereocenters. The molecule has 2 rings (SSSR count). The number of hydrogen-bond donors (Lipinski definition) is 0. The molecule has 1 aliphatic rings. The summed E-state index contributed by atoms with van der Waals surface area (Å²) in [6, 6.07) is 5.21. The van der Waals surface area contributed by atoms with E-state index in [2.05, 4.69) is 12.2 Å². The highest BCUT2D eigenvalue weighted by Crippen LogP contribution is 2.37. The number of halogens is 2. The third-order valence-corrected chi connectivity index (χ3v) is 4.16. The Morgan fingerprint density at radius 2 is 2.05 bits per heavy atom. The van der Waals surface area contributed by atoms with Gasteiger partial charge < -0.3 is 4.74 Å². The molecule has 0 saturated heterocycles. The van der Waals surface area contributed by atoms with Crippen LogP contribution in [-0.4, -0.2) is 13.7 Å². The molecule has 3 heteroatoms. The monoisotopic (exact) mass is 282 g/mol. The first kappa shape index (κ1) is 14.5. The van der Waals surface area contributed by atoms with E-state index in [-0.39, 0.29) is 10.8 Å². The summed E-state index contributed by atoms with van der Waals surface area (Å²) >= 11 is 5.72. The van der Waals surface area contributed by atoms with E-state index in [4.69, 9.17) is 16.3 Å². The first-order chi connectivity index (χ1) is 9.20. The molecule has 0 aliphatic heterocycles. The van der Waals surface area contributed by atoms with E-state index in [9.17, 15) is 4.39 Å². The van der Waals surface area contributed by atoms with Gasteiger partial charge in [-0.25, -0.2) is 4.39 Å². The summed E-state index contributed by atoms with van der Waals surface area (Å²) in [5, 5.41) is 0.208. The maximum absolute atomic E-state index is 13.5. The Morgan fingerprint density at radius 1 is 1.32 bits per heavy atom. The molecule has 1 aromatic carbocycles. The normalized spacial score (nSPS) is 23.9. The van der Waals surface area contributed by atoms with Gasteiger partial charge in [-0.2, -0.15) is 0 Å². The zero-order valence-corrected chi connectivity index (χ0v) is 12.0. The van der Waals surface area contributed by atoms with Crippen molar-refractivity contribution in [1.82, 2.24) is 0 Å². The highest BCUT2D eigenvalue weighted by Gasteiger charge is 2.21. The Balaban J connectivity index is 1.90. The van der Waals surface area contributed by atoms with Gasteiger partial charge in [0.05, 0.1) is 11.6 Å². The van der Waals surface area contributed by atoms with Crippen LogP contribution in [0.25, 0.3) is 0 Å². The van der Waals surface area contributed by atoms with Crippen LogP contribution in [0.15, 0.2) is 30.4 Å². The Labute approximate surface area is 119 Å². The number of rotatable bonds is 4. The average Bonchev–Trinajstić information content (AvgIpc) is 2.43. The van der Waals surface area contributed by atoms with E-state index in [1.807, 2.05) is 6.07 Å². The highest BCUT2D eigenvalue weighted by atomic mass is 35.5. The molecule has 0 unspecified atom stereocenters.